The van der Waals surface area contributed by atoms with Gasteiger partial charge < -0.3 is 14.5 Å². The minimum absolute atomic E-state index is 0.0208. The van der Waals surface area contributed by atoms with Crippen LogP contribution in [0.2, 0.25) is 5.02 Å². The van der Waals surface area contributed by atoms with Crippen LogP contribution in [-0.2, 0) is 24.3 Å². The molecule has 2 aromatic heterocycles. The Hall–Kier alpha value is -3.27. The molecule has 6 rings (SSSR count). The molecule has 1 aliphatic carbocycles. The van der Waals surface area contributed by atoms with Crippen molar-refractivity contribution in [3.63, 3.8) is 0 Å². The Bertz CT molecular complexity index is 1280. The standard InChI is InChI=1S/C27H31ClFN7O2/c28-21-14-30-27(31-15-21)34-6-3-18(4-7-34)23-11-19(23)5-10-38-22-2-1-20(24(29)13-22)12-26(37)35-8-9-36-25(16-35)32-17-33-36/h1-2,13-15,17-19,23H,3-12,16H2/t19-,23-/m1/s1. The highest BCUT2D eigenvalue weighted by atomic mass is 35.5. The summed E-state index contributed by atoms with van der Waals surface area (Å²) in [6.07, 6.45) is 9.33. The summed E-state index contributed by atoms with van der Waals surface area (Å²) >= 11 is 5.90. The second-order valence-corrected chi connectivity index (χ2v) is 10.9. The van der Waals surface area contributed by atoms with Crippen molar-refractivity contribution in [1.29, 1.82) is 0 Å². The van der Waals surface area contributed by atoms with Gasteiger partial charge in [-0.25, -0.2) is 24.0 Å². The minimum atomic E-state index is -0.406. The first-order chi connectivity index (χ1) is 18.5. The lowest BCUT2D eigenvalue weighted by molar-refractivity contribution is -0.132. The fraction of sp³-hybridized carbons (Fsp3) is 0.519. The summed E-state index contributed by atoms with van der Waals surface area (Å²) in [7, 11) is 0. The molecule has 1 aromatic carbocycles. The molecular weight excluding hydrogens is 509 g/mol. The van der Waals surface area contributed by atoms with E-state index in [9.17, 15) is 9.18 Å². The summed E-state index contributed by atoms with van der Waals surface area (Å²) in [5.74, 6) is 3.66. The van der Waals surface area contributed by atoms with Crippen LogP contribution in [-0.4, -0.2) is 61.8 Å². The maximum Gasteiger partial charge on any atom is 0.227 e. The molecule has 1 saturated carbocycles. The topological polar surface area (TPSA) is 89.3 Å². The van der Waals surface area contributed by atoms with Gasteiger partial charge in [0.25, 0.3) is 0 Å². The molecule has 2 atom stereocenters. The molecule has 11 heteroatoms. The van der Waals surface area contributed by atoms with Crippen molar-refractivity contribution >= 4 is 23.5 Å². The van der Waals surface area contributed by atoms with Gasteiger partial charge in [-0.05, 0) is 55.1 Å². The maximum atomic E-state index is 14.7. The monoisotopic (exact) mass is 539 g/mol. The van der Waals surface area contributed by atoms with E-state index in [4.69, 9.17) is 16.3 Å². The summed E-state index contributed by atoms with van der Waals surface area (Å²) in [5, 5.41) is 4.68. The zero-order valence-corrected chi connectivity index (χ0v) is 21.9. The van der Waals surface area contributed by atoms with Crippen molar-refractivity contribution in [3.05, 3.63) is 59.1 Å². The van der Waals surface area contributed by atoms with Gasteiger partial charge in [0.05, 0.1) is 43.5 Å². The molecule has 3 aromatic rings. The molecule has 0 radical (unpaired) electrons. The molecule has 0 unspecified atom stereocenters. The largest absolute Gasteiger partial charge is 0.493 e. The number of piperidine rings is 1. The lowest BCUT2D eigenvalue weighted by Crippen LogP contribution is -2.39. The average Bonchev–Trinajstić information content (AvgIpc) is 3.55. The van der Waals surface area contributed by atoms with Crippen molar-refractivity contribution in [1.82, 2.24) is 29.6 Å². The van der Waals surface area contributed by atoms with Gasteiger partial charge in [-0.3, -0.25) is 4.79 Å². The number of ether oxygens (including phenoxy) is 1. The van der Waals surface area contributed by atoms with E-state index < -0.39 is 5.82 Å². The Labute approximate surface area is 226 Å². The number of carbonyl (C=O) groups is 1. The number of aromatic nitrogens is 5. The summed E-state index contributed by atoms with van der Waals surface area (Å²) in [4.78, 5) is 29.5. The first-order valence-corrected chi connectivity index (χ1v) is 13.7. The third-order valence-corrected chi connectivity index (χ3v) is 8.29. The molecule has 0 spiro atoms. The first-order valence-electron chi connectivity index (χ1n) is 13.3. The molecule has 0 bridgehead atoms. The number of amides is 1. The van der Waals surface area contributed by atoms with Gasteiger partial charge in [0.1, 0.15) is 23.7 Å². The van der Waals surface area contributed by atoms with E-state index in [-0.39, 0.29) is 12.3 Å². The Kier molecular flexibility index (Phi) is 7.14. The summed E-state index contributed by atoms with van der Waals surface area (Å²) in [5.41, 5.74) is 0.381. The van der Waals surface area contributed by atoms with Crippen molar-refractivity contribution in [2.24, 2.45) is 17.8 Å². The van der Waals surface area contributed by atoms with Crippen LogP contribution in [0.5, 0.6) is 5.75 Å². The van der Waals surface area contributed by atoms with E-state index in [2.05, 4.69) is 25.0 Å². The molecule has 3 aliphatic rings. The van der Waals surface area contributed by atoms with Gasteiger partial charge in [-0.2, -0.15) is 5.10 Å². The molecule has 0 N–H and O–H groups in total. The zero-order valence-electron chi connectivity index (χ0n) is 21.2. The SMILES string of the molecule is O=C(Cc1ccc(OCC[C@@H]2C[C@@H]2C2CCN(c3ncc(Cl)cn3)CC2)cc1F)N1CCn2ncnc2C1. The maximum absolute atomic E-state index is 14.7. The highest BCUT2D eigenvalue weighted by molar-refractivity contribution is 6.30. The van der Waals surface area contributed by atoms with Crippen LogP contribution in [0, 0.1) is 23.6 Å². The number of halogens is 2. The van der Waals surface area contributed by atoms with E-state index in [0.29, 0.717) is 48.5 Å². The van der Waals surface area contributed by atoms with E-state index in [0.717, 1.165) is 56.0 Å². The lowest BCUT2D eigenvalue weighted by Gasteiger charge is -2.32. The fourth-order valence-corrected chi connectivity index (χ4v) is 5.91. The van der Waals surface area contributed by atoms with Crippen LogP contribution in [0.3, 0.4) is 0 Å². The van der Waals surface area contributed by atoms with Gasteiger partial charge in [-0.1, -0.05) is 17.7 Å². The Morgan fingerprint density at radius 3 is 2.71 bits per heavy atom. The number of hydrogen-bond donors (Lipinski definition) is 0. The molecular formula is C27H31ClFN7O2. The van der Waals surface area contributed by atoms with E-state index in [1.807, 2.05) is 0 Å². The Morgan fingerprint density at radius 1 is 1.11 bits per heavy atom. The van der Waals surface area contributed by atoms with Crippen LogP contribution in [0.25, 0.3) is 0 Å². The van der Waals surface area contributed by atoms with Crippen molar-refractivity contribution in [2.45, 2.75) is 45.2 Å². The van der Waals surface area contributed by atoms with Crippen molar-refractivity contribution in [2.75, 3.05) is 31.1 Å². The van der Waals surface area contributed by atoms with Gasteiger partial charge in [0, 0.05) is 25.7 Å². The van der Waals surface area contributed by atoms with Crippen LogP contribution >= 0.6 is 11.6 Å². The minimum Gasteiger partial charge on any atom is -0.493 e. The van der Waals surface area contributed by atoms with Gasteiger partial charge in [-0.15, -0.1) is 0 Å². The van der Waals surface area contributed by atoms with Crippen LogP contribution in [0.15, 0.2) is 36.9 Å². The molecule has 2 fully saturated rings. The fourth-order valence-electron chi connectivity index (χ4n) is 5.82. The van der Waals surface area contributed by atoms with Gasteiger partial charge >= 0.3 is 0 Å². The number of carbonyl (C=O) groups excluding carboxylic acids is 1. The predicted molar refractivity (Wildman–Crippen MR) is 139 cm³/mol. The lowest BCUT2D eigenvalue weighted by atomic mass is 9.90. The molecule has 1 saturated heterocycles. The molecule has 9 nitrogen and oxygen atoms in total. The van der Waals surface area contributed by atoms with Gasteiger partial charge in [0.15, 0.2) is 0 Å². The number of benzene rings is 1. The summed E-state index contributed by atoms with van der Waals surface area (Å²) in [6.45, 7) is 4.08. The normalized spacial score (nSPS) is 21.3. The van der Waals surface area contributed by atoms with Gasteiger partial charge in [0.2, 0.25) is 11.9 Å². The Morgan fingerprint density at radius 2 is 1.92 bits per heavy atom. The number of hydrogen-bond acceptors (Lipinski definition) is 7. The van der Waals surface area contributed by atoms with Crippen LogP contribution in [0.4, 0.5) is 10.3 Å². The molecule has 1 amide bonds. The average molecular weight is 540 g/mol. The Balaban J connectivity index is 0.921. The second kappa shape index (κ2) is 10.8. The highest BCUT2D eigenvalue weighted by Gasteiger charge is 2.43. The van der Waals surface area contributed by atoms with E-state index >= 15 is 0 Å². The molecule has 38 heavy (non-hydrogen) atoms. The molecule has 200 valence electrons. The number of nitrogens with zero attached hydrogens (tertiary/aromatic N) is 7. The molecule has 4 heterocycles. The second-order valence-electron chi connectivity index (χ2n) is 10.5. The van der Waals surface area contributed by atoms with E-state index in [1.54, 1.807) is 34.1 Å². The smallest absolute Gasteiger partial charge is 0.227 e. The van der Waals surface area contributed by atoms with Crippen LogP contribution in [0.1, 0.15) is 37.1 Å². The highest BCUT2D eigenvalue weighted by Crippen LogP contribution is 2.49. The number of fused-ring (bicyclic) bond motifs is 1. The number of anilines is 1. The van der Waals surface area contributed by atoms with Crippen LogP contribution < -0.4 is 9.64 Å². The predicted octanol–water partition coefficient (Wildman–Crippen LogP) is 3.77. The van der Waals surface area contributed by atoms with E-state index in [1.165, 1.54) is 18.8 Å². The van der Waals surface area contributed by atoms with Crippen molar-refractivity contribution in [3.8, 4) is 5.75 Å². The third kappa shape index (κ3) is 5.60. The zero-order chi connectivity index (χ0) is 26.1. The first kappa shape index (κ1) is 25.0. The third-order valence-electron chi connectivity index (χ3n) is 8.10. The quantitative estimate of drug-likeness (QED) is 0.430. The summed E-state index contributed by atoms with van der Waals surface area (Å²) in [6, 6.07) is 4.82. The molecule has 2 aliphatic heterocycles. The van der Waals surface area contributed by atoms with Crippen molar-refractivity contribution < 1.29 is 13.9 Å². The number of rotatable bonds is 8. The summed E-state index contributed by atoms with van der Waals surface area (Å²) < 4.78 is 22.4.